The summed E-state index contributed by atoms with van der Waals surface area (Å²) in [5, 5.41) is 9.78. The van der Waals surface area contributed by atoms with Gasteiger partial charge < -0.3 is 4.52 Å². The standard InChI is InChI=1S/C14H10N4O2S3/c19-12-5-10(15-14-18(12)2-4-23-14)7-22-8-11-16-13(17-20-11)9-1-3-21-6-9/h1-6H,7-8H2. The van der Waals surface area contributed by atoms with E-state index in [1.807, 2.05) is 22.2 Å². The lowest BCUT2D eigenvalue weighted by atomic mass is 10.3. The third kappa shape index (κ3) is 3.07. The van der Waals surface area contributed by atoms with E-state index in [2.05, 4.69) is 15.1 Å². The van der Waals surface area contributed by atoms with Crippen molar-refractivity contribution >= 4 is 39.4 Å². The van der Waals surface area contributed by atoms with Crippen LogP contribution in [0.3, 0.4) is 0 Å². The zero-order valence-corrected chi connectivity index (χ0v) is 14.2. The molecule has 116 valence electrons. The van der Waals surface area contributed by atoms with Crippen molar-refractivity contribution in [2.45, 2.75) is 11.5 Å². The van der Waals surface area contributed by atoms with Crippen LogP contribution in [0.15, 0.2) is 43.8 Å². The Kier molecular flexibility index (Phi) is 3.98. The zero-order valence-electron chi connectivity index (χ0n) is 11.7. The second kappa shape index (κ2) is 6.26. The van der Waals surface area contributed by atoms with E-state index in [9.17, 15) is 4.79 Å². The molecule has 0 N–H and O–H groups in total. The fourth-order valence-electron chi connectivity index (χ4n) is 2.03. The second-order valence-electron chi connectivity index (χ2n) is 4.66. The Balaban J connectivity index is 1.42. The number of hydrogen-bond acceptors (Lipinski definition) is 8. The lowest BCUT2D eigenvalue weighted by molar-refractivity contribution is 0.391. The molecule has 0 aromatic carbocycles. The SMILES string of the molecule is O=c1cc(CSCc2nc(-c3ccsc3)no2)nc2sccn12. The van der Waals surface area contributed by atoms with Crippen molar-refractivity contribution in [1.29, 1.82) is 0 Å². The van der Waals surface area contributed by atoms with Crippen LogP contribution < -0.4 is 5.56 Å². The van der Waals surface area contributed by atoms with Crippen molar-refractivity contribution in [3.05, 3.63) is 56.4 Å². The first-order valence-electron chi connectivity index (χ1n) is 6.68. The van der Waals surface area contributed by atoms with Crippen LogP contribution in [0.25, 0.3) is 16.3 Å². The summed E-state index contributed by atoms with van der Waals surface area (Å²) < 4.78 is 6.79. The summed E-state index contributed by atoms with van der Waals surface area (Å²) in [6.45, 7) is 0. The molecule has 0 atom stereocenters. The van der Waals surface area contributed by atoms with Gasteiger partial charge in [0.05, 0.1) is 11.4 Å². The molecule has 9 heteroatoms. The topological polar surface area (TPSA) is 73.3 Å². The zero-order chi connectivity index (χ0) is 15.6. The minimum Gasteiger partial charge on any atom is -0.338 e. The molecule has 23 heavy (non-hydrogen) atoms. The lowest BCUT2D eigenvalue weighted by Gasteiger charge is -1.99. The van der Waals surface area contributed by atoms with Gasteiger partial charge in [-0.1, -0.05) is 5.16 Å². The van der Waals surface area contributed by atoms with Crippen molar-refractivity contribution in [2.24, 2.45) is 0 Å². The molecule has 4 heterocycles. The highest BCUT2D eigenvalue weighted by atomic mass is 32.2. The highest BCUT2D eigenvalue weighted by Gasteiger charge is 2.10. The van der Waals surface area contributed by atoms with Gasteiger partial charge in [-0.15, -0.1) is 23.1 Å². The van der Waals surface area contributed by atoms with Crippen LogP contribution in [0.5, 0.6) is 0 Å². The van der Waals surface area contributed by atoms with Crippen molar-refractivity contribution in [3.8, 4) is 11.4 Å². The number of nitrogens with zero attached hydrogens (tertiary/aromatic N) is 4. The molecule has 0 bridgehead atoms. The summed E-state index contributed by atoms with van der Waals surface area (Å²) in [5.41, 5.74) is 1.68. The molecule has 4 aromatic heterocycles. The van der Waals surface area contributed by atoms with Gasteiger partial charge in [0.15, 0.2) is 4.96 Å². The maximum absolute atomic E-state index is 11.9. The molecular formula is C14H10N4O2S3. The average molecular weight is 362 g/mol. The first-order chi connectivity index (χ1) is 11.3. The number of rotatable bonds is 5. The maximum Gasteiger partial charge on any atom is 0.258 e. The van der Waals surface area contributed by atoms with E-state index < -0.39 is 0 Å². The Morgan fingerprint density at radius 2 is 2.22 bits per heavy atom. The molecule has 0 fully saturated rings. The molecule has 0 saturated carbocycles. The van der Waals surface area contributed by atoms with Gasteiger partial charge in [-0.3, -0.25) is 9.20 Å². The van der Waals surface area contributed by atoms with E-state index in [4.69, 9.17) is 4.52 Å². The Hall–Kier alpha value is -1.97. The van der Waals surface area contributed by atoms with Gasteiger partial charge in [0.2, 0.25) is 11.7 Å². The molecule has 4 rings (SSSR count). The van der Waals surface area contributed by atoms with E-state index in [0.717, 1.165) is 11.3 Å². The number of thioether (sulfide) groups is 1. The van der Waals surface area contributed by atoms with Gasteiger partial charge >= 0.3 is 0 Å². The van der Waals surface area contributed by atoms with Gasteiger partial charge in [0.1, 0.15) is 0 Å². The van der Waals surface area contributed by atoms with Crippen molar-refractivity contribution < 1.29 is 4.52 Å². The average Bonchev–Trinajstić information content (AvgIpc) is 3.28. The van der Waals surface area contributed by atoms with Gasteiger partial charge in [-0.2, -0.15) is 16.3 Å². The van der Waals surface area contributed by atoms with Crippen LogP contribution >= 0.6 is 34.4 Å². The highest BCUT2D eigenvalue weighted by molar-refractivity contribution is 7.97. The van der Waals surface area contributed by atoms with Crippen LogP contribution in [0.2, 0.25) is 0 Å². The van der Waals surface area contributed by atoms with Crippen molar-refractivity contribution in [3.63, 3.8) is 0 Å². The predicted molar refractivity (Wildman–Crippen MR) is 91.9 cm³/mol. The summed E-state index contributed by atoms with van der Waals surface area (Å²) in [6, 6.07) is 3.53. The van der Waals surface area contributed by atoms with Gasteiger partial charge in [-0.05, 0) is 11.4 Å². The van der Waals surface area contributed by atoms with E-state index >= 15 is 0 Å². The second-order valence-corrected chi connectivity index (χ2v) is 7.30. The fraction of sp³-hybridized carbons (Fsp3) is 0.143. The number of fused-ring (bicyclic) bond motifs is 1. The monoisotopic (exact) mass is 362 g/mol. The largest absolute Gasteiger partial charge is 0.338 e. The molecule has 0 spiro atoms. The molecule has 0 unspecified atom stereocenters. The number of aromatic nitrogens is 4. The molecule has 0 aliphatic carbocycles. The van der Waals surface area contributed by atoms with Gasteiger partial charge in [0.25, 0.3) is 5.56 Å². The Labute approximate surface area is 142 Å². The first kappa shape index (κ1) is 14.6. The van der Waals surface area contributed by atoms with Gasteiger partial charge in [0, 0.05) is 34.3 Å². The quantitative estimate of drug-likeness (QED) is 0.542. The number of thiophene rings is 1. The van der Waals surface area contributed by atoms with E-state index in [-0.39, 0.29) is 5.56 Å². The minimum atomic E-state index is -0.0515. The van der Waals surface area contributed by atoms with E-state index in [0.29, 0.717) is 28.2 Å². The predicted octanol–water partition coefficient (Wildman–Crippen LogP) is 3.30. The Morgan fingerprint density at radius 1 is 1.26 bits per heavy atom. The molecule has 0 aliphatic heterocycles. The molecule has 4 aromatic rings. The smallest absolute Gasteiger partial charge is 0.258 e. The Bertz CT molecular complexity index is 987. The summed E-state index contributed by atoms with van der Waals surface area (Å²) in [4.78, 5) is 21.5. The molecule has 0 amide bonds. The molecule has 0 aliphatic rings. The van der Waals surface area contributed by atoms with Crippen LogP contribution in [0.1, 0.15) is 11.6 Å². The molecule has 0 saturated heterocycles. The van der Waals surface area contributed by atoms with Gasteiger partial charge in [-0.25, -0.2) is 4.98 Å². The Morgan fingerprint density at radius 3 is 3.09 bits per heavy atom. The van der Waals surface area contributed by atoms with Crippen LogP contribution in [-0.4, -0.2) is 19.5 Å². The van der Waals surface area contributed by atoms with E-state index in [1.165, 1.54) is 11.3 Å². The van der Waals surface area contributed by atoms with Crippen molar-refractivity contribution in [1.82, 2.24) is 19.5 Å². The summed E-state index contributed by atoms with van der Waals surface area (Å²) in [5.74, 6) is 2.39. The summed E-state index contributed by atoms with van der Waals surface area (Å²) >= 11 is 4.64. The highest BCUT2D eigenvalue weighted by Crippen LogP contribution is 2.21. The van der Waals surface area contributed by atoms with Crippen LogP contribution in [-0.2, 0) is 11.5 Å². The summed E-state index contributed by atoms with van der Waals surface area (Å²) in [7, 11) is 0. The lowest BCUT2D eigenvalue weighted by Crippen LogP contribution is -2.12. The molecule has 0 radical (unpaired) electrons. The van der Waals surface area contributed by atoms with E-state index in [1.54, 1.807) is 39.8 Å². The normalized spacial score (nSPS) is 11.3. The summed E-state index contributed by atoms with van der Waals surface area (Å²) in [6.07, 6.45) is 1.73. The molecule has 6 nitrogen and oxygen atoms in total. The van der Waals surface area contributed by atoms with Crippen LogP contribution in [0.4, 0.5) is 0 Å². The number of hydrogen-bond donors (Lipinski definition) is 0. The van der Waals surface area contributed by atoms with Crippen LogP contribution in [0, 0.1) is 0 Å². The molecular weight excluding hydrogens is 352 g/mol. The minimum absolute atomic E-state index is 0.0515. The fourth-order valence-corrected chi connectivity index (χ4v) is 4.15. The first-order valence-corrected chi connectivity index (χ1v) is 9.66. The maximum atomic E-state index is 11.9. The van der Waals surface area contributed by atoms with Crippen molar-refractivity contribution in [2.75, 3.05) is 0 Å². The third-order valence-corrected chi connectivity index (χ3v) is 5.47. The number of thiazole rings is 1. The third-order valence-electron chi connectivity index (χ3n) is 3.08.